The summed E-state index contributed by atoms with van der Waals surface area (Å²) in [7, 11) is 0. The van der Waals surface area contributed by atoms with E-state index in [0.717, 1.165) is 22.4 Å². The van der Waals surface area contributed by atoms with Gasteiger partial charge in [-0.1, -0.05) is 12.1 Å². The van der Waals surface area contributed by atoms with Crippen LogP contribution >= 0.6 is 0 Å². The van der Waals surface area contributed by atoms with E-state index in [1.54, 1.807) is 18.2 Å². The van der Waals surface area contributed by atoms with E-state index in [2.05, 4.69) is 28.7 Å². The quantitative estimate of drug-likeness (QED) is 0.788. The van der Waals surface area contributed by atoms with E-state index in [0.29, 0.717) is 18.2 Å². The van der Waals surface area contributed by atoms with Crippen LogP contribution in [0.4, 0.5) is 4.39 Å². The average Bonchev–Trinajstić information content (AvgIpc) is 2.89. The van der Waals surface area contributed by atoms with Gasteiger partial charge in [0.25, 0.3) is 5.91 Å². The Morgan fingerprint density at radius 2 is 1.92 bits per heavy atom. The minimum Gasteiger partial charge on any atom is -0.348 e. The lowest BCUT2D eigenvalue weighted by atomic mass is 10.1. The highest BCUT2D eigenvalue weighted by Gasteiger charge is 2.13. The summed E-state index contributed by atoms with van der Waals surface area (Å²) < 4.78 is 15.0. The summed E-state index contributed by atoms with van der Waals surface area (Å²) in [4.78, 5) is 16.9. The van der Waals surface area contributed by atoms with E-state index < -0.39 is 0 Å². The molecule has 4 nitrogen and oxygen atoms in total. The van der Waals surface area contributed by atoms with E-state index >= 15 is 0 Å². The molecular formula is C19H20FN3O. The number of nitrogens with zero attached hydrogens (tertiary/aromatic N) is 2. The maximum Gasteiger partial charge on any atom is 0.251 e. The van der Waals surface area contributed by atoms with Crippen molar-refractivity contribution in [1.29, 1.82) is 0 Å². The predicted octanol–water partition coefficient (Wildman–Crippen LogP) is 3.99. The number of aromatic nitrogens is 2. The number of hydrogen-bond acceptors (Lipinski definition) is 2. The lowest BCUT2D eigenvalue weighted by molar-refractivity contribution is 0.0951. The van der Waals surface area contributed by atoms with Crippen molar-refractivity contribution in [1.82, 2.24) is 14.9 Å². The molecule has 0 bridgehead atoms. The van der Waals surface area contributed by atoms with E-state index in [-0.39, 0.29) is 11.7 Å². The number of rotatable bonds is 4. The minimum atomic E-state index is -0.286. The Labute approximate surface area is 140 Å². The Bertz CT molecular complexity index is 882. The van der Waals surface area contributed by atoms with Gasteiger partial charge >= 0.3 is 0 Å². The van der Waals surface area contributed by atoms with Crippen LogP contribution in [0.1, 0.15) is 41.6 Å². The summed E-state index contributed by atoms with van der Waals surface area (Å²) >= 11 is 0. The third kappa shape index (κ3) is 3.15. The van der Waals surface area contributed by atoms with Gasteiger partial charge in [0.15, 0.2) is 0 Å². The van der Waals surface area contributed by atoms with Gasteiger partial charge in [-0.2, -0.15) is 0 Å². The molecule has 0 radical (unpaired) electrons. The summed E-state index contributed by atoms with van der Waals surface area (Å²) in [5.41, 5.74) is 3.26. The van der Waals surface area contributed by atoms with Gasteiger partial charge in [0, 0.05) is 18.2 Å². The molecule has 0 unspecified atom stereocenters. The van der Waals surface area contributed by atoms with E-state index in [9.17, 15) is 9.18 Å². The van der Waals surface area contributed by atoms with Gasteiger partial charge in [0.05, 0.1) is 11.0 Å². The molecule has 0 aliphatic rings. The number of imidazole rings is 1. The first-order valence-electron chi connectivity index (χ1n) is 7.97. The molecule has 0 fully saturated rings. The van der Waals surface area contributed by atoms with Crippen molar-refractivity contribution >= 4 is 16.9 Å². The van der Waals surface area contributed by atoms with Crippen molar-refractivity contribution in [2.24, 2.45) is 0 Å². The molecule has 0 saturated carbocycles. The number of amides is 1. The van der Waals surface area contributed by atoms with Gasteiger partial charge in [-0.3, -0.25) is 4.79 Å². The molecule has 3 aromatic rings. The Balaban J connectivity index is 1.79. The van der Waals surface area contributed by atoms with Gasteiger partial charge in [0.1, 0.15) is 11.6 Å². The summed E-state index contributed by atoms with van der Waals surface area (Å²) in [6, 6.07) is 11.9. The van der Waals surface area contributed by atoms with Crippen molar-refractivity contribution in [3.05, 3.63) is 65.2 Å². The topological polar surface area (TPSA) is 46.9 Å². The van der Waals surface area contributed by atoms with E-state index in [1.165, 1.54) is 12.1 Å². The van der Waals surface area contributed by atoms with E-state index in [1.807, 2.05) is 19.1 Å². The number of nitrogens with one attached hydrogen (secondary N) is 1. The molecule has 0 aliphatic carbocycles. The molecule has 124 valence electrons. The summed E-state index contributed by atoms with van der Waals surface area (Å²) in [5, 5.41) is 2.85. The molecule has 0 saturated heterocycles. The van der Waals surface area contributed by atoms with Crippen LogP contribution in [0.2, 0.25) is 0 Å². The number of aryl methyl sites for hydroxylation is 1. The number of benzene rings is 2. The fraction of sp³-hybridized carbons (Fsp3) is 0.263. The molecule has 3 rings (SSSR count). The van der Waals surface area contributed by atoms with Crippen molar-refractivity contribution in [2.45, 2.75) is 33.4 Å². The predicted molar refractivity (Wildman–Crippen MR) is 92.4 cm³/mol. The second-order valence-corrected chi connectivity index (χ2v) is 6.14. The fourth-order valence-corrected chi connectivity index (χ4v) is 2.90. The zero-order valence-electron chi connectivity index (χ0n) is 14.0. The molecule has 2 aromatic carbocycles. The van der Waals surface area contributed by atoms with Gasteiger partial charge < -0.3 is 9.88 Å². The number of halogens is 1. The van der Waals surface area contributed by atoms with Crippen LogP contribution in [0.5, 0.6) is 0 Å². The Morgan fingerprint density at radius 3 is 2.58 bits per heavy atom. The van der Waals surface area contributed by atoms with Gasteiger partial charge in [-0.15, -0.1) is 0 Å². The second-order valence-electron chi connectivity index (χ2n) is 6.14. The number of carbonyl (C=O) groups excluding carboxylic acids is 1. The highest BCUT2D eigenvalue weighted by molar-refractivity contribution is 5.97. The number of fused-ring (bicyclic) bond motifs is 1. The molecule has 0 aliphatic heterocycles. The fourth-order valence-electron chi connectivity index (χ4n) is 2.90. The van der Waals surface area contributed by atoms with Crippen LogP contribution < -0.4 is 5.32 Å². The Morgan fingerprint density at radius 1 is 1.21 bits per heavy atom. The molecule has 1 amide bonds. The molecule has 24 heavy (non-hydrogen) atoms. The number of hydrogen-bond donors (Lipinski definition) is 1. The molecule has 0 spiro atoms. The highest BCUT2D eigenvalue weighted by Crippen LogP contribution is 2.21. The Hall–Kier alpha value is -2.69. The lowest BCUT2D eigenvalue weighted by Gasteiger charge is -2.11. The molecule has 1 aromatic heterocycles. The minimum absolute atomic E-state index is 0.169. The van der Waals surface area contributed by atoms with Crippen LogP contribution in [0, 0.1) is 12.7 Å². The van der Waals surface area contributed by atoms with Crippen LogP contribution in [0.15, 0.2) is 42.5 Å². The molecule has 1 N–H and O–H groups in total. The van der Waals surface area contributed by atoms with Gasteiger partial charge in [0.2, 0.25) is 0 Å². The maximum absolute atomic E-state index is 12.9. The highest BCUT2D eigenvalue weighted by atomic mass is 19.1. The third-order valence-electron chi connectivity index (χ3n) is 4.01. The molecule has 5 heteroatoms. The van der Waals surface area contributed by atoms with Crippen molar-refractivity contribution in [3.63, 3.8) is 0 Å². The number of carbonyl (C=O) groups is 1. The molecule has 0 atom stereocenters. The third-order valence-corrected chi connectivity index (χ3v) is 4.01. The largest absolute Gasteiger partial charge is 0.348 e. The van der Waals surface area contributed by atoms with Crippen LogP contribution in [-0.4, -0.2) is 15.5 Å². The standard InChI is InChI=1S/C19H20FN3O/c1-12(2)23-13(3)22-17-10-15(6-9-18(17)23)19(24)21-11-14-4-7-16(20)8-5-14/h4-10,12H,11H2,1-3H3,(H,21,24). The van der Waals surface area contributed by atoms with Crippen molar-refractivity contribution < 1.29 is 9.18 Å². The smallest absolute Gasteiger partial charge is 0.251 e. The van der Waals surface area contributed by atoms with E-state index in [4.69, 9.17) is 0 Å². The van der Waals surface area contributed by atoms with Crippen LogP contribution in [-0.2, 0) is 6.54 Å². The zero-order chi connectivity index (χ0) is 17.3. The first-order chi connectivity index (χ1) is 11.5. The maximum atomic E-state index is 12.9. The normalized spacial score (nSPS) is 11.2. The summed E-state index contributed by atoms with van der Waals surface area (Å²) in [5.74, 6) is 0.480. The first-order valence-corrected chi connectivity index (χ1v) is 7.97. The van der Waals surface area contributed by atoms with Crippen molar-refractivity contribution in [3.8, 4) is 0 Å². The SMILES string of the molecule is Cc1nc2cc(C(=O)NCc3ccc(F)cc3)ccc2n1C(C)C. The molecule has 1 heterocycles. The van der Waals surface area contributed by atoms with Gasteiger partial charge in [-0.05, 0) is 56.7 Å². The monoisotopic (exact) mass is 325 g/mol. The summed E-state index contributed by atoms with van der Waals surface area (Å²) in [6.07, 6.45) is 0. The zero-order valence-corrected chi connectivity index (χ0v) is 14.0. The van der Waals surface area contributed by atoms with Crippen molar-refractivity contribution in [2.75, 3.05) is 0 Å². The second kappa shape index (κ2) is 6.43. The van der Waals surface area contributed by atoms with Gasteiger partial charge in [-0.25, -0.2) is 9.37 Å². The first kappa shape index (κ1) is 16.2. The Kier molecular flexibility index (Phi) is 4.34. The molecular weight excluding hydrogens is 305 g/mol. The lowest BCUT2D eigenvalue weighted by Crippen LogP contribution is -2.22. The van der Waals surface area contributed by atoms with Crippen LogP contribution in [0.3, 0.4) is 0 Å². The summed E-state index contributed by atoms with van der Waals surface area (Å²) in [6.45, 7) is 6.54. The van der Waals surface area contributed by atoms with Crippen LogP contribution in [0.25, 0.3) is 11.0 Å². The average molecular weight is 325 g/mol.